The molecule has 3 fully saturated rings. The molecule has 2 unspecified atom stereocenters. The van der Waals surface area contributed by atoms with Crippen molar-refractivity contribution in [2.75, 3.05) is 13.1 Å². The molecule has 1 aromatic carbocycles. The van der Waals surface area contributed by atoms with Crippen LogP contribution < -0.4 is 0 Å². The predicted molar refractivity (Wildman–Crippen MR) is 108 cm³/mol. The van der Waals surface area contributed by atoms with Gasteiger partial charge >= 0.3 is 0 Å². The smallest absolute Gasteiger partial charge is 0.234 e. The van der Waals surface area contributed by atoms with Crippen LogP contribution in [0.5, 0.6) is 0 Å². The Bertz CT molecular complexity index is 1000. The van der Waals surface area contributed by atoms with Gasteiger partial charge in [0.2, 0.25) is 12.2 Å². The van der Waals surface area contributed by atoms with Crippen LogP contribution in [-0.2, 0) is 11.3 Å². The minimum atomic E-state index is 0.313. The molecule has 28 heavy (non-hydrogen) atoms. The second-order valence-electron chi connectivity index (χ2n) is 7.65. The molecule has 0 saturated carbocycles. The number of carbonyl (C=O) groups excluding carboxylic acids is 1. The number of halogens is 1. The Morgan fingerprint density at radius 2 is 1.96 bits per heavy atom. The summed E-state index contributed by atoms with van der Waals surface area (Å²) in [7, 11) is 0. The zero-order chi connectivity index (χ0) is 19.1. The second-order valence-corrected chi connectivity index (χ2v) is 8.09. The molecule has 0 N–H and O–H groups in total. The lowest BCUT2D eigenvalue weighted by Crippen LogP contribution is -2.46. The lowest BCUT2D eigenvalue weighted by Gasteiger charge is -2.37. The first-order valence-electron chi connectivity index (χ1n) is 9.76. The van der Waals surface area contributed by atoms with Crippen LogP contribution in [0.3, 0.4) is 0 Å². The minimum absolute atomic E-state index is 0.313. The SMILES string of the molecule is O=CN1CCC2CCC1CN2Cc1c(-c2ccc(Cl)cc2)nc2ncccn12. The van der Waals surface area contributed by atoms with Crippen molar-refractivity contribution in [1.29, 1.82) is 0 Å². The van der Waals surface area contributed by atoms with E-state index in [1.54, 1.807) is 6.20 Å². The van der Waals surface area contributed by atoms with Gasteiger partial charge in [0, 0.05) is 54.7 Å². The standard InChI is InChI=1S/C21H22ClN5O/c22-16-4-2-15(3-5-16)20-19(27-10-1-9-23-21(27)24-20)13-26-12-18-7-6-17(26)8-11-25(18)14-28/h1-5,9-10,14,17-18H,6-8,11-13H2. The summed E-state index contributed by atoms with van der Waals surface area (Å²) in [5.74, 6) is 0.706. The van der Waals surface area contributed by atoms with E-state index in [0.29, 0.717) is 22.9 Å². The van der Waals surface area contributed by atoms with Gasteiger partial charge in [0.15, 0.2) is 0 Å². The van der Waals surface area contributed by atoms with Gasteiger partial charge in [-0.1, -0.05) is 23.7 Å². The molecule has 6 rings (SSSR count). The number of benzene rings is 1. The summed E-state index contributed by atoms with van der Waals surface area (Å²) < 4.78 is 2.08. The summed E-state index contributed by atoms with van der Waals surface area (Å²) in [4.78, 5) is 25.2. The van der Waals surface area contributed by atoms with Crippen molar-refractivity contribution in [3.05, 3.63) is 53.4 Å². The molecule has 2 aromatic heterocycles. The molecule has 5 heterocycles. The Morgan fingerprint density at radius 1 is 1.14 bits per heavy atom. The van der Waals surface area contributed by atoms with Crippen LogP contribution in [0.2, 0.25) is 5.02 Å². The maximum atomic E-state index is 11.4. The van der Waals surface area contributed by atoms with Crippen molar-refractivity contribution in [2.45, 2.75) is 37.9 Å². The molecule has 6 nitrogen and oxygen atoms in total. The molecule has 3 aromatic rings. The van der Waals surface area contributed by atoms with E-state index in [-0.39, 0.29) is 0 Å². The predicted octanol–water partition coefficient (Wildman–Crippen LogP) is 3.24. The highest BCUT2D eigenvalue weighted by molar-refractivity contribution is 6.30. The Balaban J connectivity index is 1.54. The van der Waals surface area contributed by atoms with Crippen LogP contribution >= 0.6 is 11.6 Å². The van der Waals surface area contributed by atoms with Crippen LogP contribution in [0.4, 0.5) is 0 Å². The van der Waals surface area contributed by atoms with Gasteiger partial charge in [0.05, 0.1) is 11.4 Å². The number of piperidine rings is 1. The molecule has 0 spiro atoms. The normalized spacial score (nSPS) is 22.5. The molecule has 7 heteroatoms. The number of aromatic nitrogens is 3. The molecule has 2 atom stereocenters. The lowest BCUT2D eigenvalue weighted by molar-refractivity contribution is -0.120. The Kier molecular flexibility index (Phi) is 4.53. The number of amides is 1. The molecule has 0 aliphatic carbocycles. The number of hydrogen-bond donors (Lipinski definition) is 0. The Morgan fingerprint density at radius 3 is 2.79 bits per heavy atom. The van der Waals surface area contributed by atoms with Crippen LogP contribution in [0, 0.1) is 0 Å². The topological polar surface area (TPSA) is 53.7 Å². The monoisotopic (exact) mass is 395 g/mol. The summed E-state index contributed by atoms with van der Waals surface area (Å²) >= 11 is 6.08. The van der Waals surface area contributed by atoms with Gasteiger partial charge in [-0.3, -0.25) is 14.1 Å². The van der Waals surface area contributed by atoms with Gasteiger partial charge in [-0.05, 0) is 37.5 Å². The van der Waals surface area contributed by atoms with Crippen molar-refractivity contribution >= 4 is 23.8 Å². The third-order valence-electron chi connectivity index (χ3n) is 6.09. The average molecular weight is 396 g/mol. The summed E-state index contributed by atoms with van der Waals surface area (Å²) in [5.41, 5.74) is 3.12. The first-order chi connectivity index (χ1) is 13.7. The summed E-state index contributed by atoms with van der Waals surface area (Å²) in [5, 5.41) is 0.714. The second kappa shape index (κ2) is 7.18. The van der Waals surface area contributed by atoms with E-state index in [9.17, 15) is 4.79 Å². The Hall–Kier alpha value is -2.44. The van der Waals surface area contributed by atoms with E-state index < -0.39 is 0 Å². The number of hydrogen-bond acceptors (Lipinski definition) is 4. The summed E-state index contributed by atoms with van der Waals surface area (Å²) in [6.07, 6.45) is 8.08. The van der Waals surface area contributed by atoms with Crippen molar-refractivity contribution in [2.24, 2.45) is 0 Å². The van der Waals surface area contributed by atoms with Crippen molar-refractivity contribution < 1.29 is 4.79 Å². The van der Waals surface area contributed by atoms with E-state index in [1.165, 1.54) is 0 Å². The van der Waals surface area contributed by atoms with Crippen LogP contribution in [0.1, 0.15) is 25.0 Å². The molecular formula is C21H22ClN5O. The number of nitrogens with zero attached hydrogens (tertiary/aromatic N) is 5. The highest BCUT2D eigenvalue weighted by Crippen LogP contribution is 2.32. The maximum absolute atomic E-state index is 11.4. The molecule has 3 saturated heterocycles. The fraction of sp³-hybridized carbons (Fsp3) is 0.381. The highest BCUT2D eigenvalue weighted by atomic mass is 35.5. The third kappa shape index (κ3) is 3.06. The van der Waals surface area contributed by atoms with Gasteiger partial charge in [-0.2, -0.15) is 0 Å². The molecule has 2 bridgehead atoms. The Labute approximate surface area is 168 Å². The number of imidazole rings is 1. The van der Waals surface area contributed by atoms with Gasteiger partial charge < -0.3 is 4.90 Å². The van der Waals surface area contributed by atoms with Gasteiger partial charge in [-0.15, -0.1) is 0 Å². The average Bonchev–Trinajstić information content (AvgIpc) is 2.86. The van der Waals surface area contributed by atoms with Crippen LogP contribution in [-0.4, -0.2) is 55.8 Å². The fourth-order valence-corrected chi connectivity index (χ4v) is 4.73. The van der Waals surface area contributed by atoms with E-state index in [2.05, 4.69) is 14.3 Å². The van der Waals surface area contributed by atoms with Gasteiger partial charge in [0.25, 0.3) is 0 Å². The third-order valence-corrected chi connectivity index (χ3v) is 6.34. The minimum Gasteiger partial charge on any atom is -0.341 e. The van der Waals surface area contributed by atoms with E-state index >= 15 is 0 Å². The van der Waals surface area contributed by atoms with Crippen molar-refractivity contribution in [3.8, 4) is 11.3 Å². The van der Waals surface area contributed by atoms with E-state index in [0.717, 1.165) is 62.3 Å². The largest absolute Gasteiger partial charge is 0.341 e. The van der Waals surface area contributed by atoms with E-state index in [1.807, 2.05) is 41.4 Å². The number of fused-ring (bicyclic) bond motifs is 5. The lowest BCUT2D eigenvalue weighted by atomic mass is 9.98. The molecule has 3 aliphatic rings. The fourth-order valence-electron chi connectivity index (χ4n) is 4.61. The van der Waals surface area contributed by atoms with Crippen LogP contribution in [0.15, 0.2) is 42.7 Å². The molecule has 3 aliphatic heterocycles. The zero-order valence-corrected chi connectivity index (χ0v) is 16.3. The van der Waals surface area contributed by atoms with Gasteiger partial charge in [0.1, 0.15) is 0 Å². The van der Waals surface area contributed by atoms with E-state index in [4.69, 9.17) is 16.6 Å². The quantitative estimate of drug-likeness (QED) is 0.636. The zero-order valence-electron chi connectivity index (χ0n) is 15.5. The summed E-state index contributed by atoms with van der Waals surface area (Å²) in [6.45, 7) is 2.56. The highest BCUT2D eigenvalue weighted by Gasteiger charge is 2.35. The number of carbonyl (C=O) groups is 1. The van der Waals surface area contributed by atoms with Gasteiger partial charge in [-0.25, -0.2) is 9.97 Å². The summed E-state index contributed by atoms with van der Waals surface area (Å²) in [6, 6.07) is 10.6. The molecule has 1 amide bonds. The first kappa shape index (κ1) is 17.6. The van der Waals surface area contributed by atoms with Crippen molar-refractivity contribution in [1.82, 2.24) is 24.2 Å². The molecular weight excluding hydrogens is 374 g/mol. The molecule has 0 radical (unpaired) electrons. The van der Waals surface area contributed by atoms with Crippen molar-refractivity contribution in [3.63, 3.8) is 0 Å². The molecule has 144 valence electrons. The first-order valence-corrected chi connectivity index (χ1v) is 10.1. The van der Waals surface area contributed by atoms with Crippen LogP contribution in [0.25, 0.3) is 17.0 Å². The number of rotatable bonds is 4. The maximum Gasteiger partial charge on any atom is 0.234 e.